The lowest BCUT2D eigenvalue weighted by Crippen LogP contribution is -2.41. The molecule has 0 saturated carbocycles. The Morgan fingerprint density at radius 2 is 1.78 bits per heavy atom. The van der Waals surface area contributed by atoms with Crippen LogP contribution in [0.25, 0.3) is 10.8 Å². The van der Waals surface area contributed by atoms with E-state index in [1.54, 1.807) is 0 Å². The Labute approximate surface area is 160 Å². The van der Waals surface area contributed by atoms with Gasteiger partial charge in [-0.2, -0.15) is 0 Å². The zero-order valence-electron chi connectivity index (χ0n) is 15.6. The second-order valence-corrected chi connectivity index (χ2v) is 7.54. The molecule has 4 rings (SSSR count). The highest BCUT2D eigenvalue weighted by Gasteiger charge is 2.31. The lowest BCUT2D eigenvalue weighted by atomic mass is 9.89. The summed E-state index contributed by atoms with van der Waals surface area (Å²) in [5, 5.41) is 12.0. The van der Waals surface area contributed by atoms with Gasteiger partial charge in [-0.25, -0.2) is 0 Å². The number of piperidine rings is 1. The van der Waals surface area contributed by atoms with Gasteiger partial charge in [0.15, 0.2) is 0 Å². The minimum Gasteiger partial charge on any atom is -0.481 e. The van der Waals surface area contributed by atoms with Crippen LogP contribution in [0, 0.1) is 12.8 Å². The van der Waals surface area contributed by atoms with Crippen LogP contribution < -0.4 is 0 Å². The first-order valence-corrected chi connectivity index (χ1v) is 9.64. The summed E-state index contributed by atoms with van der Waals surface area (Å²) in [6.45, 7) is 3.67. The quantitative estimate of drug-likeness (QED) is 0.710. The molecule has 0 aliphatic carbocycles. The van der Waals surface area contributed by atoms with Gasteiger partial charge in [0.25, 0.3) is 0 Å². The minimum atomic E-state index is -0.679. The summed E-state index contributed by atoms with van der Waals surface area (Å²) >= 11 is 0. The summed E-state index contributed by atoms with van der Waals surface area (Å²) in [7, 11) is 0. The van der Waals surface area contributed by atoms with Crippen molar-refractivity contribution in [2.24, 2.45) is 5.92 Å². The van der Waals surface area contributed by atoms with Crippen LogP contribution in [-0.4, -0.2) is 29.1 Å². The molecule has 1 heterocycles. The fourth-order valence-electron chi connectivity index (χ4n) is 4.30. The summed E-state index contributed by atoms with van der Waals surface area (Å²) in [5.41, 5.74) is 3.74. The van der Waals surface area contributed by atoms with Gasteiger partial charge in [0.05, 0.1) is 12.0 Å². The Morgan fingerprint density at radius 1 is 1.04 bits per heavy atom. The monoisotopic (exact) mass is 359 g/mol. The Hall–Kier alpha value is -2.65. The minimum absolute atomic E-state index is 0.0814. The van der Waals surface area contributed by atoms with Crippen molar-refractivity contribution in [1.82, 2.24) is 4.90 Å². The average Bonchev–Trinajstić information content (AvgIpc) is 2.70. The fraction of sp³-hybridized carbons (Fsp3) is 0.292. The van der Waals surface area contributed by atoms with Crippen LogP contribution in [0.3, 0.4) is 0 Å². The molecule has 138 valence electrons. The van der Waals surface area contributed by atoms with Crippen molar-refractivity contribution in [3.05, 3.63) is 83.4 Å². The van der Waals surface area contributed by atoms with Crippen molar-refractivity contribution < 1.29 is 9.90 Å². The van der Waals surface area contributed by atoms with Gasteiger partial charge in [0.2, 0.25) is 0 Å². The van der Waals surface area contributed by atoms with E-state index in [1.807, 2.05) is 0 Å². The molecule has 1 fully saturated rings. The van der Waals surface area contributed by atoms with Gasteiger partial charge in [-0.1, -0.05) is 60.7 Å². The van der Waals surface area contributed by atoms with Crippen LogP contribution in [0.2, 0.25) is 0 Å². The standard InChI is InChI=1S/C24H25NO2/c1-17-7-2-5-11-22(17)23(25-14-6-10-21(16-25)24(26)27)20-13-12-18-8-3-4-9-19(18)15-20/h2-5,7-9,11-13,15,21,23H,6,10,14,16H2,1H3,(H,26,27). The highest BCUT2D eigenvalue weighted by atomic mass is 16.4. The maximum Gasteiger partial charge on any atom is 0.307 e. The average molecular weight is 359 g/mol. The molecule has 27 heavy (non-hydrogen) atoms. The summed E-state index contributed by atoms with van der Waals surface area (Å²) in [4.78, 5) is 14.0. The lowest BCUT2D eigenvalue weighted by molar-refractivity contribution is -0.143. The van der Waals surface area contributed by atoms with Crippen molar-refractivity contribution in [3.8, 4) is 0 Å². The van der Waals surface area contributed by atoms with Crippen molar-refractivity contribution in [2.75, 3.05) is 13.1 Å². The van der Waals surface area contributed by atoms with Gasteiger partial charge in [-0.05, 0) is 59.8 Å². The highest BCUT2D eigenvalue weighted by Crippen LogP contribution is 2.35. The first-order chi connectivity index (χ1) is 13.1. The van der Waals surface area contributed by atoms with Crippen LogP contribution in [-0.2, 0) is 4.79 Å². The molecule has 0 amide bonds. The van der Waals surface area contributed by atoms with E-state index in [0.29, 0.717) is 6.54 Å². The number of fused-ring (bicyclic) bond motifs is 1. The van der Waals surface area contributed by atoms with Crippen LogP contribution in [0.15, 0.2) is 66.7 Å². The van der Waals surface area contributed by atoms with E-state index in [2.05, 4.69) is 78.6 Å². The maximum absolute atomic E-state index is 11.6. The van der Waals surface area contributed by atoms with E-state index in [0.717, 1.165) is 19.4 Å². The number of carboxylic acids is 1. The second-order valence-electron chi connectivity index (χ2n) is 7.54. The predicted molar refractivity (Wildman–Crippen MR) is 109 cm³/mol. The summed E-state index contributed by atoms with van der Waals surface area (Å²) in [6.07, 6.45) is 1.69. The van der Waals surface area contributed by atoms with Crippen molar-refractivity contribution >= 4 is 16.7 Å². The molecule has 2 atom stereocenters. The molecule has 1 saturated heterocycles. The van der Waals surface area contributed by atoms with E-state index in [1.165, 1.54) is 27.5 Å². The third-order valence-electron chi connectivity index (χ3n) is 5.74. The fourth-order valence-corrected chi connectivity index (χ4v) is 4.30. The molecule has 3 heteroatoms. The topological polar surface area (TPSA) is 40.5 Å². The zero-order chi connectivity index (χ0) is 18.8. The first kappa shape index (κ1) is 17.7. The number of hydrogen-bond acceptors (Lipinski definition) is 2. The van der Waals surface area contributed by atoms with Gasteiger partial charge < -0.3 is 5.11 Å². The van der Waals surface area contributed by atoms with Gasteiger partial charge in [0, 0.05) is 6.54 Å². The SMILES string of the molecule is Cc1ccccc1C(c1ccc2ccccc2c1)N1CCCC(C(=O)O)C1. The van der Waals surface area contributed by atoms with Crippen LogP contribution >= 0.6 is 0 Å². The molecule has 2 unspecified atom stereocenters. The third kappa shape index (κ3) is 3.60. The highest BCUT2D eigenvalue weighted by molar-refractivity contribution is 5.83. The summed E-state index contributed by atoms with van der Waals surface area (Å²) in [6, 6.07) is 23.6. The number of hydrogen-bond donors (Lipinski definition) is 1. The number of nitrogens with zero attached hydrogens (tertiary/aromatic N) is 1. The molecule has 1 aliphatic rings. The van der Waals surface area contributed by atoms with Gasteiger partial charge in [-0.3, -0.25) is 9.69 Å². The van der Waals surface area contributed by atoms with Gasteiger partial charge >= 0.3 is 5.97 Å². The number of aliphatic carboxylic acids is 1. The maximum atomic E-state index is 11.6. The molecule has 3 aromatic rings. The molecular formula is C24H25NO2. The third-order valence-corrected chi connectivity index (χ3v) is 5.74. The Bertz CT molecular complexity index is 965. The van der Waals surface area contributed by atoms with Gasteiger partial charge in [0.1, 0.15) is 0 Å². The lowest BCUT2D eigenvalue weighted by Gasteiger charge is -2.38. The zero-order valence-corrected chi connectivity index (χ0v) is 15.6. The molecule has 0 spiro atoms. The number of likely N-dealkylation sites (tertiary alicyclic amines) is 1. The van der Waals surface area contributed by atoms with Crippen molar-refractivity contribution in [3.63, 3.8) is 0 Å². The molecule has 3 nitrogen and oxygen atoms in total. The predicted octanol–water partition coefficient (Wildman–Crippen LogP) is 5.03. The van der Waals surface area contributed by atoms with Gasteiger partial charge in [-0.15, -0.1) is 0 Å². The number of carbonyl (C=O) groups is 1. The Balaban J connectivity index is 1.80. The van der Waals surface area contributed by atoms with E-state index < -0.39 is 5.97 Å². The van der Waals surface area contributed by atoms with E-state index >= 15 is 0 Å². The molecule has 0 bridgehead atoms. The number of aryl methyl sites for hydroxylation is 1. The first-order valence-electron chi connectivity index (χ1n) is 9.64. The number of rotatable bonds is 4. The van der Waals surface area contributed by atoms with Crippen molar-refractivity contribution in [2.45, 2.75) is 25.8 Å². The molecule has 0 aromatic heterocycles. The summed E-state index contributed by atoms with van der Waals surface area (Å²) < 4.78 is 0. The largest absolute Gasteiger partial charge is 0.481 e. The van der Waals surface area contributed by atoms with Crippen LogP contribution in [0.4, 0.5) is 0 Å². The Morgan fingerprint density at radius 3 is 2.56 bits per heavy atom. The molecule has 1 aliphatic heterocycles. The summed E-state index contributed by atoms with van der Waals surface area (Å²) in [5.74, 6) is -0.965. The normalized spacial score (nSPS) is 19.1. The van der Waals surface area contributed by atoms with E-state index in [9.17, 15) is 9.90 Å². The van der Waals surface area contributed by atoms with Crippen molar-refractivity contribution in [1.29, 1.82) is 0 Å². The molecule has 3 aromatic carbocycles. The number of carboxylic acid groups (broad SMARTS) is 1. The molecular weight excluding hydrogens is 334 g/mol. The molecule has 0 radical (unpaired) electrons. The van der Waals surface area contributed by atoms with E-state index in [4.69, 9.17) is 0 Å². The van der Waals surface area contributed by atoms with E-state index in [-0.39, 0.29) is 12.0 Å². The Kier molecular flexibility index (Phi) is 4.95. The molecule has 1 N–H and O–H groups in total. The second kappa shape index (κ2) is 7.53. The van der Waals surface area contributed by atoms with Crippen LogP contribution in [0.5, 0.6) is 0 Å². The smallest absolute Gasteiger partial charge is 0.307 e. The number of benzene rings is 3. The van der Waals surface area contributed by atoms with Crippen LogP contribution in [0.1, 0.15) is 35.6 Å².